The Bertz CT molecular complexity index is 456. The van der Waals surface area contributed by atoms with Gasteiger partial charge in [-0.05, 0) is 31.5 Å². The lowest BCUT2D eigenvalue weighted by molar-refractivity contribution is -0.119. The van der Waals surface area contributed by atoms with Crippen molar-refractivity contribution in [3.63, 3.8) is 0 Å². The first-order valence-electron chi connectivity index (χ1n) is 5.73. The van der Waals surface area contributed by atoms with Crippen molar-refractivity contribution in [2.24, 2.45) is 0 Å². The number of amides is 1. The summed E-state index contributed by atoms with van der Waals surface area (Å²) in [6, 6.07) is 7.86. The Hall–Kier alpha value is -1.84. The minimum atomic E-state index is 0.0365. The molecule has 1 aromatic rings. The minimum Gasteiger partial charge on any atom is -0.300 e. The summed E-state index contributed by atoms with van der Waals surface area (Å²) in [4.78, 5) is 22.4. The van der Waals surface area contributed by atoms with Gasteiger partial charge < -0.3 is 0 Å². The van der Waals surface area contributed by atoms with E-state index in [2.05, 4.69) is 5.43 Å². The van der Waals surface area contributed by atoms with Crippen molar-refractivity contribution >= 4 is 17.4 Å². The van der Waals surface area contributed by atoms with Crippen LogP contribution >= 0.6 is 0 Å². The van der Waals surface area contributed by atoms with Gasteiger partial charge >= 0.3 is 0 Å². The topological polar surface area (TPSA) is 49.4 Å². The molecule has 90 valence electrons. The first-order valence-corrected chi connectivity index (χ1v) is 5.73. The van der Waals surface area contributed by atoms with E-state index in [4.69, 9.17) is 0 Å². The van der Waals surface area contributed by atoms with E-state index in [1.54, 1.807) is 6.92 Å². The SMILES string of the molecule is CC(=O)Cc1cccc(N2NC(=O)CC2C)c1. The number of nitrogens with one attached hydrogen (secondary N) is 1. The molecule has 17 heavy (non-hydrogen) atoms. The van der Waals surface area contributed by atoms with Gasteiger partial charge in [-0.3, -0.25) is 20.0 Å². The van der Waals surface area contributed by atoms with Gasteiger partial charge in [0.25, 0.3) is 0 Å². The van der Waals surface area contributed by atoms with Gasteiger partial charge in [0.2, 0.25) is 5.91 Å². The number of Topliss-reactive ketones (excluding diaryl/α,β-unsaturated/α-hetero) is 1. The van der Waals surface area contributed by atoms with Crippen LogP contribution in [0.5, 0.6) is 0 Å². The van der Waals surface area contributed by atoms with E-state index in [-0.39, 0.29) is 17.7 Å². The molecule has 1 aliphatic rings. The van der Waals surface area contributed by atoms with Gasteiger partial charge in [-0.2, -0.15) is 0 Å². The van der Waals surface area contributed by atoms with Gasteiger partial charge in [0.15, 0.2) is 0 Å². The lowest BCUT2D eigenvalue weighted by Crippen LogP contribution is -2.37. The van der Waals surface area contributed by atoms with E-state index in [9.17, 15) is 9.59 Å². The zero-order chi connectivity index (χ0) is 12.4. The number of ketones is 1. The molecule has 0 bridgehead atoms. The highest BCUT2D eigenvalue weighted by atomic mass is 16.2. The van der Waals surface area contributed by atoms with Crippen LogP contribution in [0.4, 0.5) is 5.69 Å². The van der Waals surface area contributed by atoms with Gasteiger partial charge in [-0.1, -0.05) is 12.1 Å². The highest BCUT2D eigenvalue weighted by molar-refractivity contribution is 5.83. The van der Waals surface area contributed by atoms with E-state index in [1.165, 1.54) is 0 Å². The van der Waals surface area contributed by atoms with Crippen LogP contribution in [-0.4, -0.2) is 17.7 Å². The zero-order valence-electron chi connectivity index (χ0n) is 10.1. The molecule has 1 saturated heterocycles. The number of anilines is 1. The van der Waals surface area contributed by atoms with Crippen LogP contribution in [-0.2, 0) is 16.0 Å². The Morgan fingerprint density at radius 1 is 1.53 bits per heavy atom. The third-order valence-electron chi connectivity index (χ3n) is 2.81. The molecule has 1 aromatic carbocycles. The summed E-state index contributed by atoms with van der Waals surface area (Å²) in [5.74, 6) is 0.176. The Morgan fingerprint density at radius 3 is 2.88 bits per heavy atom. The second-order valence-electron chi connectivity index (χ2n) is 4.51. The van der Waals surface area contributed by atoms with E-state index < -0.39 is 0 Å². The normalized spacial score (nSPS) is 19.3. The number of hydrogen-bond acceptors (Lipinski definition) is 3. The molecule has 1 atom stereocenters. The van der Waals surface area contributed by atoms with Crippen molar-refractivity contribution in [2.75, 3.05) is 5.01 Å². The largest absolute Gasteiger partial charge is 0.300 e. The third kappa shape index (κ3) is 2.64. The summed E-state index contributed by atoms with van der Waals surface area (Å²) in [7, 11) is 0. The maximum absolute atomic E-state index is 11.3. The molecule has 1 heterocycles. The van der Waals surface area contributed by atoms with Crippen molar-refractivity contribution in [3.05, 3.63) is 29.8 Å². The molecule has 0 spiro atoms. The summed E-state index contributed by atoms with van der Waals surface area (Å²) in [5, 5.41) is 1.85. The Balaban J connectivity index is 2.21. The number of carbonyl (C=O) groups is 2. The van der Waals surface area contributed by atoms with E-state index in [0.29, 0.717) is 12.8 Å². The van der Waals surface area contributed by atoms with Gasteiger partial charge in [0.1, 0.15) is 5.78 Å². The first-order chi connectivity index (χ1) is 8.06. The number of benzene rings is 1. The summed E-state index contributed by atoms with van der Waals surface area (Å²) >= 11 is 0. The fourth-order valence-corrected chi connectivity index (χ4v) is 2.07. The van der Waals surface area contributed by atoms with E-state index in [0.717, 1.165) is 11.3 Å². The lowest BCUT2D eigenvalue weighted by Gasteiger charge is -2.23. The average Bonchev–Trinajstić information content (AvgIpc) is 2.57. The first kappa shape index (κ1) is 11.6. The van der Waals surface area contributed by atoms with Gasteiger partial charge in [-0.25, -0.2) is 0 Å². The predicted octanol–water partition coefficient (Wildman–Crippen LogP) is 1.45. The molecule has 0 aromatic heterocycles. The second-order valence-corrected chi connectivity index (χ2v) is 4.51. The Morgan fingerprint density at radius 2 is 2.29 bits per heavy atom. The van der Waals surface area contributed by atoms with Gasteiger partial charge in [-0.15, -0.1) is 0 Å². The van der Waals surface area contributed by atoms with Crippen molar-refractivity contribution in [1.29, 1.82) is 0 Å². The van der Waals surface area contributed by atoms with Crippen molar-refractivity contribution in [1.82, 2.24) is 5.43 Å². The Kier molecular flexibility index (Phi) is 3.13. The van der Waals surface area contributed by atoms with E-state index in [1.807, 2.05) is 36.2 Å². The minimum absolute atomic E-state index is 0.0365. The van der Waals surface area contributed by atoms with Crippen LogP contribution in [0.3, 0.4) is 0 Å². The number of hydrogen-bond donors (Lipinski definition) is 1. The summed E-state index contributed by atoms with van der Waals surface area (Å²) in [6.07, 6.45) is 0.945. The number of carbonyl (C=O) groups excluding carboxylic acids is 2. The van der Waals surface area contributed by atoms with Crippen molar-refractivity contribution in [2.45, 2.75) is 32.7 Å². The molecule has 2 rings (SSSR count). The molecule has 1 unspecified atom stereocenters. The van der Waals surface area contributed by atoms with Crippen LogP contribution in [0.25, 0.3) is 0 Å². The quantitative estimate of drug-likeness (QED) is 0.858. The molecule has 1 N–H and O–H groups in total. The van der Waals surface area contributed by atoms with Crippen LogP contribution in [0.1, 0.15) is 25.8 Å². The third-order valence-corrected chi connectivity index (χ3v) is 2.81. The molecule has 4 heteroatoms. The smallest absolute Gasteiger partial charge is 0.240 e. The molecule has 4 nitrogen and oxygen atoms in total. The summed E-state index contributed by atoms with van der Waals surface area (Å²) < 4.78 is 0. The number of nitrogens with zero attached hydrogens (tertiary/aromatic N) is 1. The summed E-state index contributed by atoms with van der Waals surface area (Å²) in [6.45, 7) is 3.57. The summed E-state index contributed by atoms with van der Waals surface area (Å²) in [5.41, 5.74) is 4.72. The monoisotopic (exact) mass is 232 g/mol. The van der Waals surface area contributed by atoms with Crippen LogP contribution in [0.15, 0.2) is 24.3 Å². The highest BCUT2D eigenvalue weighted by Crippen LogP contribution is 2.21. The van der Waals surface area contributed by atoms with Crippen LogP contribution < -0.4 is 10.4 Å². The van der Waals surface area contributed by atoms with Gasteiger partial charge in [0.05, 0.1) is 18.2 Å². The maximum Gasteiger partial charge on any atom is 0.240 e. The fourth-order valence-electron chi connectivity index (χ4n) is 2.07. The lowest BCUT2D eigenvalue weighted by atomic mass is 10.1. The number of rotatable bonds is 3. The van der Waals surface area contributed by atoms with Gasteiger partial charge in [0, 0.05) is 6.42 Å². The molecular weight excluding hydrogens is 216 g/mol. The van der Waals surface area contributed by atoms with E-state index >= 15 is 0 Å². The highest BCUT2D eigenvalue weighted by Gasteiger charge is 2.26. The molecule has 1 amide bonds. The van der Waals surface area contributed by atoms with Crippen molar-refractivity contribution in [3.8, 4) is 0 Å². The molecular formula is C13H16N2O2. The number of hydrazine groups is 1. The molecule has 1 aliphatic heterocycles. The predicted molar refractivity (Wildman–Crippen MR) is 65.5 cm³/mol. The second kappa shape index (κ2) is 4.57. The zero-order valence-corrected chi connectivity index (χ0v) is 10.1. The molecule has 0 saturated carbocycles. The maximum atomic E-state index is 11.3. The van der Waals surface area contributed by atoms with Crippen LogP contribution in [0, 0.1) is 0 Å². The molecule has 0 aliphatic carbocycles. The van der Waals surface area contributed by atoms with Crippen molar-refractivity contribution < 1.29 is 9.59 Å². The fraction of sp³-hybridized carbons (Fsp3) is 0.385. The van der Waals surface area contributed by atoms with Crippen LogP contribution in [0.2, 0.25) is 0 Å². The molecule has 1 fully saturated rings. The average molecular weight is 232 g/mol. The Labute approximate surface area is 101 Å². The standard InChI is InChI=1S/C13H16N2O2/c1-9-6-13(17)14-15(9)12-5-3-4-11(8-12)7-10(2)16/h3-5,8-9H,6-7H2,1-2H3,(H,14,17). The molecule has 0 radical (unpaired) electrons.